The molecule has 2 aromatic heterocycles. The maximum Gasteiger partial charge on any atom is 0.355 e. The van der Waals surface area contributed by atoms with Crippen LogP contribution in [0.3, 0.4) is 0 Å². The van der Waals surface area contributed by atoms with Crippen LogP contribution in [0.25, 0.3) is 11.7 Å². The Balaban J connectivity index is 2.59. The lowest BCUT2D eigenvalue weighted by molar-refractivity contribution is -0.390. The van der Waals surface area contributed by atoms with Crippen LogP contribution >= 0.6 is 0 Å². The van der Waals surface area contributed by atoms with E-state index >= 15 is 0 Å². The van der Waals surface area contributed by atoms with Crippen molar-refractivity contribution >= 4 is 17.5 Å². The zero-order valence-electron chi connectivity index (χ0n) is 10.5. The van der Waals surface area contributed by atoms with E-state index in [1.54, 1.807) is 24.4 Å². The molecule has 0 bridgehead atoms. The molecule has 0 saturated heterocycles. The van der Waals surface area contributed by atoms with Crippen molar-refractivity contribution in [3.05, 3.63) is 45.8 Å². The summed E-state index contributed by atoms with van der Waals surface area (Å²) in [6, 6.07) is 5.34. The van der Waals surface area contributed by atoms with Gasteiger partial charge >= 0.3 is 5.82 Å². The highest BCUT2D eigenvalue weighted by atomic mass is 16.6. The van der Waals surface area contributed by atoms with Crippen LogP contribution in [-0.4, -0.2) is 14.3 Å². The van der Waals surface area contributed by atoms with Crippen LogP contribution in [0, 0.1) is 10.1 Å². The quantitative estimate of drug-likeness (QED) is 0.612. The zero-order chi connectivity index (χ0) is 13.1. The Morgan fingerprint density at radius 1 is 1.56 bits per heavy atom. The number of nitrogens with zero attached hydrogens (tertiary/aromatic N) is 3. The molecule has 2 heterocycles. The van der Waals surface area contributed by atoms with E-state index in [9.17, 15) is 10.1 Å². The van der Waals surface area contributed by atoms with Crippen molar-refractivity contribution in [3.8, 4) is 0 Å². The summed E-state index contributed by atoms with van der Waals surface area (Å²) in [5.41, 5.74) is 2.13. The molecule has 0 aliphatic rings. The average molecular weight is 245 g/mol. The van der Waals surface area contributed by atoms with Crippen molar-refractivity contribution in [2.75, 3.05) is 0 Å². The van der Waals surface area contributed by atoms with E-state index in [0.717, 1.165) is 18.4 Å². The first-order chi connectivity index (χ1) is 8.63. The molecule has 0 spiro atoms. The Bertz CT molecular complexity index is 614. The number of aromatic nitrogens is 2. The molecular weight excluding hydrogens is 230 g/mol. The molecule has 5 nitrogen and oxygen atoms in total. The fourth-order valence-corrected chi connectivity index (χ4v) is 1.98. The summed E-state index contributed by atoms with van der Waals surface area (Å²) < 4.78 is 1.51. The number of hydrogen-bond donors (Lipinski definition) is 0. The van der Waals surface area contributed by atoms with Crippen molar-refractivity contribution in [1.29, 1.82) is 0 Å². The minimum absolute atomic E-state index is 0.0288. The lowest BCUT2D eigenvalue weighted by Crippen LogP contribution is -1.95. The third-order valence-electron chi connectivity index (χ3n) is 2.73. The fraction of sp³-hybridized carbons (Fsp3) is 0.308. The molecule has 0 fully saturated rings. The van der Waals surface area contributed by atoms with Crippen molar-refractivity contribution in [1.82, 2.24) is 9.38 Å². The number of pyridine rings is 1. The van der Waals surface area contributed by atoms with Crippen molar-refractivity contribution in [3.63, 3.8) is 0 Å². The van der Waals surface area contributed by atoms with Gasteiger partial charge in [0, 0.05) is 6.07 Å². The number of imidazole rings is 1. The molecule has 0 N–H and O–H groups in total. The molecule has 0 amide bonds. The first-order valence-electron chi connectivity index (χ1n) is 5.92. The SMILES string of the molecule is CCC/C(C)=C\c1nc2ccccn2c1[N+](=O)[O-]. The van der Waals surface area contributed by atoms with Gasteiger partial charge in [-0.3, -0.25) is 0 Å². The molecule has 0 saturated carbocycles. The minimum atomic E-state index is -0.384. The maximum atomic E-state index is 11.2. The van der Waals surface area contributed by atoms with Gasteiger partial charge in [-0.25, -0.2) is 4.98 Å². The van der Waals surface area contributed by atoms with Crippen LogP contribution in [0.4, 0.5) is 5.82 Å². The van der Waals surface area contributed by atoms with Gasteiger partial charge in [-0.05, 0) is 30.4 Å². The van der Waals surface area contributed by atoms with E-state index in [-0.39, 0.29) is 10.7 Å². The topological polar surface area (TPSA) is 60.4 Å². The predicted molar refractivity (Wildman–Crippen MR) is 70.4 cm³/mol. The highest BCUT2D eigenvalue weighted by molar-refractivity contribution is 5.63. The maximum absolute atomic E-state index is 11.2. The molecule has 0 aromatic carbocycles. The summed E-state index contributed by atoms with van der Waals surface area (Å²) in [5.74, 6) is 0.0288. The Morgan fingerprint density at radius 2 is 2.33 bits per heavy atom. The summed E-state index contributed by atoms with van der Waals surface area (Å²) >= 11 is 0. The highest BCUT2D eigenvalue weighted by Crippen LogP contribution is 2.23. The second-order valence-corrected chi connectivity index (χ2v) is 4.25. The van der Waals surface area contributed by atoms with Gasteiger partial charge < -0.3 is 10.1 Å². The second-order valence-electron chi connectivity index (χ2n) is 4.25. The molecule has 5 heteroatoms. The van der Waals surface area contributed by atoms with Gasteiger partial charge in [-0.2, -0.15) is 4.40 Å². The number of nitro groups is 1. The van der Waals surface area contributed by atoms with Gasteiger partial charge in [0.2, 0.25) is 5.65 Å². The summed E-state index contributed by atoms with van der Waals surface area (Å²) in [7, 11) is 0. The van der Waals surface area contributed by atoms with Crippen LogP contribution in [0.2, 0.25) is 0 Å². The molecule has 0 radical (unpaired) electrons. The highest BCUT2D eigenvalue weighted by Gasteiger charge is 2.20. The van der Waals surface area contributed by atoms with Gasteiger partial charge in [0.05, 0.1) is 6.20 Å². The van der Waals surface area contributed by atoms with Crippen LogP contribution in [0.1, 0.15) is 32.4 Å². The fourth-order valence-electron chi connectivity index (χ4n) is 1.98. The summed E-state index contributed by atoms with van der Waals surface area (Å²) in [6.45, 7) is 4.05. The second kappa shape index (κ2) is 5.00. The molecular formula is C13H15N3O2. The van der Waals surface area contributed by atoms with Gasteiger partial charge in [0.1, 0.15) is 0 Å². The monoisotopic (exact) mass is 245 g/mol. The molecule has 94 valence electrons. The largest absolute Gasteiger partial charge is 0.358 e. The standard InChI is InChI=1S/C13H15N3O2/c1-3-6-10(2)9-11-13(16(17)18)15-8-5-4-7-12(15)14-11/h4-5,7-9H,3,6H2,1-2H3/b10-9-. The molecule has 0 atom stereocenters. The zero-order valence-corrected chi connectivity index (χ0v) is 10.5. The van der Waals surface area contributed by atoms with E-state index in [0.29, 0.717) is 11.3 Å². The Morgan fingerprint density at radius 3 is 3.00 bits per heavy atom. The first kappa shape index (κ1) is 12.3. The van der Waals surface area contributed by atoms with Crippen molar-refractivity contribution in [2.24, 2.45) is 0 Å². The van der Waals surface area contributed by atoms with Crippen LogP contribution in [0.5, 0.6) is 0 Å². The van der Waals surface area contributed by atoms with Gasteiger partial charge in [-0.1, -0.05) is 25.0 Å². The van der Waals surface area contributed by atoms with E-state index in [1.165, 1.54) is 4.40 Å². The normalized spacial score (nSPS) is 12.0. The average Bonchev–Trinajstić information content (AvgIpc) is 2.66. The van der Waals surface area contributed by atoms with Gasteiger partial charge in [-0.15, -0.1) is 0 Å². The van der Waals surface area contributed by atoms with Crippen LogP contribution in [-0.2, 0) is 0 Å². The van der Waals surface area contributed by atoms with Crippen molar-refractivity contribution in [2.45, 2.75) is 26.7 Å². The summed E-state index contributed by atoms with van der Waals surface area (Å²) in [5, 5.41) is 11.2. The lowest BCUT2D eigenvalue weighted by Gasteiger charge is -1.97. The third kappa shape index (κ3) is 2.25. The smallest absolute Gasteiger partial charge is 0.355 e. The number of rotatable bonds is 4. The van der Waals surface area contributed by atoms with E-state index < -0.39 is 0 Å². The number of hydrogen-bond acceptors (Lipinski definition) is 3. The third-order valence-corrected chi connectivity index (χ3v) is 2.73. The molecule has 2 rings (SSSR count). The summed E-state index contributed by atoms with van der Waals surface area (Å²) in [6.07, 6.45) is 5.40. The van der Waals surface area contributed by atoms with Crippen molar-refractivity contribution < 1.29 is 4.92 Å². The lowest BCUT2D eigenvalue weighted by atomic mass is 10.1. The summed E-state index contributed by atoms with van der Waals surface area (Å²) in [4.78, 5) is 15.1. The number of fused-ring (bicyclic) bond motifs is 1. The van der Waals surface area contributed by atoms with E-state index in [4.69, 9.17) is 0 Å². The van der Waals surface area contributed by atoms with Gasteiger partial charge in [0.15, 0.2) is 5.69 Å². The Kier molecular flexibility index (Phi) is 3.41. The molecule has 18 heavy (non-hydrogen) atoms. The molecule has 0 aliphatic heterocycles. The van der Waals surface area contributed by atoms with E-state index in [2.05, 4.69) is 11.9 Å². The van der Waals surface area contributed by atoms with Gasteiger partial charge in [0.25, 0.3) is 0 Å². The molecule has 0 aliphatic carbocycles. The van der Waals surface area contributed by atoms with E-state index in [1.807, 2.05) is 13.0 Å². The van der Waals surface area contributed by atoms with Crippen LogP contribution in [0.15, 0.2) is 30.0 Å². The number of allylic oxidation sites excluding steroid dienone is 1. The Labute approximate surface area is 105 Å². The Hall–Kier alpha value is -2.17. The molecule has 0 unspecified atom stereocenters. The molecule has 2 aromatic rings. The van der Waals surface area contributed by atoms with Crippen LogP contribution < -0.4 is 0 Å². The first-order valence-corrected chi connectivity index (χ1v) is 5.92. The minimum Gasteiger partial charge on any atom is -0.358 e. The predicted octanol–water partition coefficient (Wildman–Crippen LogP) is 3.45.